The molecule has 0 saturated heterocycles. The SMILES string of the molecule is COCCN(C(=O)Cn1nnc2ccccc21)C(C(=O)NCc1ccccc1)c1ccccc1F. The Morgan fingerprint density at radius 1 is 1.03 bits per heavy atom. The number of halogens is 1. The Kier molecular flexibility index (Phi) is 7.79. The van der Waals surface area contributed by atoms with Crippen LogP contribution in [-0.4, -0.2) is 52.0 Å². The molecule has 180 valence electrons. The zero-order chi connectivity index (χ0) is 24.6. The van der Waals surface area contributed by atoms with Gasteiger partial charge in [-0.3, -0.25) is 9.59 Å². The Balaban J connectivity index is 1.65. The van der Waals surface area contributed by atoms with Gasteiger partial charge in [0.2, 0.25) is 11.8 Å². The standard InChI is InChI=1S/C26H26FN5O3/c1-35-16-15-31(24(33)18-32-23-14-8-7-13-22(23)29-30-32)25(20-11-5-6-12-21(20)27)26(34)28-17-19-9-3-2-4-10-19/h2-14,25H,15-18H2,1H3,(H,28,34). The van der Waals surface area contributed by atoms with Gasteiger partial charge in [-0.15, -0.1) is 5.10 Å². The van der Waals surface area contributed by atoms with Crippen molar-refractivity contribution in [3.63, 3.8) is 0 Å². The normalized spacial score (nSPS) is 11.8. The van der Waals surface area contributed by atoms with Crippen LogP contribution in [-0.2, 0) is 27.4 Å². The van der Waals surface area contributed by atoms with Crippen molar-refractivity contribution in [3.05, 3.63) is 95.8 Å². The maximum absolute atomic E-state index is 14.9. The average molecular weight is 476 g/mol. The summed E-state index contributed by atoms with van der Waals surface area (Å²) < 4.78 is 21.6. The number of methoxy groups -OCH3 is 1. The molecule has 0 aliphatic rings. The molecule has 1 heterocycles. The first-order valence-corrected chi connectivity index (χ1v) is 11.2. The van der Waals surface area contributed by atoms with Gasteiger partial charge in [-0.2, -0.15) is 0 Å². The van der Waals surface area contributed by atoms with E-state index >= 15 is 0 Å². The number of nitrogens with zero attached hydrogens (tertiary/aromatic N) is 4. The molecule has 0 aliphatic heterocycles. The van der Waals surface area contributed by atoms with Crippen molar-refractivity contribution in [1.82, 2.24) is 25.2 Å². The number of amides is 2. The fourth-order valence-electron chi connectivity index (χ4n) is 3.87. The highest BCUT2D eigenvalue weighted by molar-refractivity contribution is 5.89. The summed E-state index contributed by atoms with van der Waals surface area (Å²) in [6.45, 7) is 0.326. The van der Waals surface area contributed by atoms with Crippen LogP contribution in [0.5, 0.6) is 0 Å². The fraction of sp³-hybridized carbons (Fsp3) is 0.231. The van der Waals surface area contributed by atoms with Crippen LogP contribution in [0.2, 0.25) is 0 Å². The quantitative estimate of drug-likeness (QED) is 0.381. The summed E-state index contributed by atoms with van der Waals surface area (Å²) in [5, 5.41) is 11.0. The Morgan fingerprint density at radius 2 is 1.74 bits per heavy atom. The second-order valence-corrected chi connectivity index (χ2v) is 7.94. The van der Waals surface area contributed by atoms with E-state index in [2.05, 4.69) is 15.6 Å². The number of hydrogen-bond donors (Lipinski definition) is 1. The lowest BCUT2D eigenvalue weighted by molar-refractivity contribution is -0.142. The van der Waals surface area contributed by atoms with Crippen LogP contribution in [0.4, 0.5) is 4.39 Å². The molecule has 3 aromatic carbocycles. The van der Waals surface area contributed by atoms with Gasteiger partial charge in [0.25, 0.3) is 0 Å². The lowest BCUT2D eigenvalue weighted by Crippen LogP contribution is -2.46. The van der Waals surface area contributed by atoms with Crippen molar-refractivity contribution < 1.29 is 18.7 Å². The number of fused-ring (bicyclic) bond motifs is 1. The second kappa shape index (κ2) is 11.3. The maximum atomic E-state index is 14.9. The summed E-state index contributed by atoms with van der Waals surface area (Å²) in [6.07, 6.45) is 0. The van der Waals surface area contributed by atoms with Gasteiger partial charge in [-0.1, -0.05) is 65.9 Å². The van der Waals surface area contributed by atoms with E-state index in [9.17, 15) is 14.0 Å². The molecule has 0 saturated carbocycles. The van der Waals surface area contributed by atoms with Crippen molar-refractivity contribution in [3.8, 4) is 0 Å². The van der Waals surface area contributed by atoms with Gasteiger partial charge in [-0.25, -0.2) is 9.07 Å². The minimum absolute atomic E-state index is 0.0831. The van der Waals surface area contributed by atoms with Crippen molar-refractivity contribution in [2.75, 3.05) is 20.3 Å². The molecule has 0 spiro atoms. The Labute approximate surface area is 202 Å². The van der Waals surface area contributed by atoms with Gasteiger partial charge >= 0.3 is 0 Å². The predicted octanol–water partition coefficient (Wildman–Crippen LogP) is 3.10. The number of aromatic nitrogens is 3. The summed E-state index contributed by atoms with van der Waals surface area (Å²) in [6, 6.07) is 21.4. The van der Waals surface area contributed by atoms with Gasteiger partial charge < -0.3 is 15.0 Å². The molecule has 0 aliphatic carbocycles. The van der Waals surface area contributed by atoms with Gasteiger partial charge in [0, 0.05) is 25.8 Å². The van der Waals surface area contributed by atoms with Gasteiger partial charge in [0.05, 0.1) is 12.1 Å². The molecule has 4 rings (SSSR count). The molecule has 0 radical (unpaired) electrons. The van der Waals surface area contributed by atoms with Crippen molar-refractivity contribution in [2.24, 2.45) is 0 Å². The highest BCUT2D eigenvalue weighted by Gasteiger charge is 2.33. The van der Waals surface area contributed by atoms with E-state index in [1.165, 1.54) is 28.8 Å². The molecule has 8 nitrogen and oxygen atoms in total. The van der Waals surface area contributed by atoms with Crippen LogP contribution in [0, 0.1) is 5.82 Å². The highest BCUT2D eigenvalue weighted by atomic mass is 19.1. The molecule has 0 fully saturated rings. The number of ether oxygens (including phenoxy) is 1. The first-order chi connectivity index (χ1) is 17.1. The number of carbonyl (C=O) groups excluding carboxylic acids is 2. The van der Waals surface area contributed by atoms with Crippen LogP contribution < -0.4 is 5.32 Å². The lowest BCUT2D eigenvalue weighted by atomic mass is 10.0. The Morgan fingerprint density at radius 3 is 2.51 bits per heavy atom. The third-order valence-electron chi connectivity index (χ3n) is 5.63. The summed E-state index contributed by atoms with van der Waals surface area (Å²) in [5.74, 6) is -1.48. The van der Waals surface area contributed by atoms with Crippen LogP contribution in [0.25, 0.3) is 11.0 Å². The van der Waals surface area contributed by atoms with E-state index in [0.29, 0.717) is 11.0 Å². The Bertz CT molecular complexity index is 1290. The van der Waals surface area contributed by atoms with Crippen LogP contribution >= 0.6 is 0 Å². The zero-order valence-corrected chi connectivity index (χ0v) is 19.3. The fourth-order valence-corrected chi connectivity index (χ4v) is 3.87. The number of benzene rings is 3. The molecule has 0 bridgehead atoms. The number of hydrogen-bond acceptors (Lipinski definition) is 5. The lowest BCUT2D eigenvalue weighted by Gasteiger charge is -2.31. The molecule has 2 amide bonds. The van der Waals surface area contributed by atoms with Crippen molar-refractivity contribution >= 4 is 22.8 Å². The van der Waals surface area contributed by atoms with E-state index in [-0.39, 0.29) is 31.8 Å². The molecule has 1 unspecified atom stereocenters. The summed E-state index contributed by atoms with van der Waals surface area (Å²) in [7, 11) is 1.50. The van der Waals surface area contributed by atoms with E-state index in [4.69, 9.17) is 4.74 Å². The summed E-state index contributed by atoms with van der Waals surface area (Å²) in [5.41, 5.74) is 2.32. The second-order valence-electron chi connectivity index (χ2n) is 7.94. The van der Waals surface area contributed by atoms with Crippen molar-refractivity contribution in [2.45, 2.75) is 19.1 Å². The number of rotatable bonds is 10. The first-order valence-electron chi connectivity index (χ1n) is 11.2. The van der Waals surface area contributed by atoms with Gasteiger partial charge in [0.1, 0.15) is 23.9 Å². The number of nitrogens with one attached hydrogen (secondary N) is 1. The Hall–Kier alpha value is -4.11. The van der Waals surface area contributed by atoms with E-state index < -0.39 is 23.7 Å². The molecule has 1 atom stereocenters. The molecule has 35 heavy (non-hydrogen) atoms. The summed E-state index contributed by atoms with van der Waals surface area (Å²) >= 11 is 0. The third-order valence-corrected chi connectivity index (χ3v) is 5.63. The largest absolute Gasteiger partial charge is 0.383 e. The molecule has 1 aromatic heterocycles. The molecule has 1 N–H and O–H groups in total. The van der Waals surface area contributed by atoms with Gasteiger partial charge in [-0.05, 0) is 23.8 Å². The molecule has 4 aromatic rings. The monoisotopic (exact) mass is 475 g/mol. The third kappa shape index (κ3) is 5.70. The maximum Gasteiger partial charge on any atom is 0.247 e. The molecule has 9 heteroatoms. The minimum Gasteiger partial charge on any atom is -0.383 e. The van der Waals surface area contributed by atoms with Crippen molar-refractivity contribution in [1.29, 1.82) is 0 Å². The van der Waals surface area contributed by atoms with E-state index in [1.54, 1.807) is 18.2 Å². The highest BCUT2D eigenvalue weighted by Crippen LogP contribution is 2.25. The predicted molar refractivity (Wildman–Crippen MR) is 129 cm³/mol. The summed E-state index contributed by atoms with van der Waals surface area (Å²) in [4.78, 5) is 28.3. The number of para-hydroxylation sites is 1. The van der Waals surface area contributed by atoms with E-state index in [1.807, 2.05) is 48.5 Å². The zero-order valence-electron chi connectivity index (χ0n) is 19.3. The topological polar surface area (TPSA) is 89.3 Å². The first kappa shape index (κ1) is 24.0. The smallest absolute Gasteiger partial charge is 0.247 e. The van der Waals surface area contributed by atoms with Crippen LogP contribution in [0.1, 0.15) is 17.2 Å². The minimum atomic E-state index is -1.20. The van der Waals surface area contributed by atoms with E-state index in [0.717, 1.165) is 5.56 Å². The van der Waals surface area contributed by atoms with Crippen LogP contribution in [0.3, 0.4) is 0 Å². The molecular weight excluding hydrogens is 449 g/mol. The van der Waals surface area contributed by atoms with Gasteiger partial charge in [0.15, 0.2) is 0 Å². The van der Waals surface area contributed by atoms with Crippen LogP contribution in [0.15, 0.2) is 78.9 Å². The molecular formula is C26H26FN5O3. The average Bonchev–Trinajstić information content (AvgIpc) is 3.29. The number of carbonyl (C=O) groups is 2.